The highest BCUT2D eigenvalue weighted by molar-refractivity contribution is 6.38. The van der Waals surface area contributed by atoms with Crippen LogP contribution in [-0.4, -0.2) is 47.0 Å². The van der Waals surface area contributed by atoms with Crippen molar-refractivity contribution in [1.82, 2.24) is 9.88 Å². The Kier molecular flexibility index (Phi) is 7.81. The number of hydrogen-bond acceptors (Lipinski definition) is 5. The number of piperidine rings is 1. The maximum absolute atomic E-state index is 12.7. The van der Waals surface area contributed by atoms with E-state index in [4.69, 9.17) is 17.0 Å². The van der Waals surface area contributed by atoms with Gasteiger partial charge in [0, 0.05) is 44.2 Å². The lowest BCUT2D eigenvalue weighted by Crippen LogP contribution is -2.38. The average Bonchev–Trinajstić information content (AvgIpc) is 2.77. The van der Waals surface area contributed by atoms with Crippen LogP contribution in [-0.2, 0) is 11.0 Å². The smallest absolute Gasteiger partial charge is 0.369 e. The number of aromatic nitrogens is 1. The van der Waals surface area contributed by atoms with Crippen LogP contribution in [0.25, 0.3) is 0 Å². The van der Waals surface area contributed by atoms with Crippen LogP contribution in [0.4, 0.5) is 24.7 Å². The minimum atomic E-state index is -4.47. The van der Waals surface area contributed by atoms with Gasteiger partial charge in [0.15, 0.2) is 0 Å². The van der Waals surface area contributed by atoms with Crippen LogP contribution in [0.15, 0.2) is 30.5 Å². The Morgan fingerprint density at radius 2 is 1.79 bits per heavy atom. The molecule has 0 aliphatic carbocycles. The molecule has 0 radical (unpaired) electrons. The van der Waals surface area contributed by atoms with E-state index in [2.05, 4.69) is 15.6 Å². The zero-order valence-corrected chi connectivity index (χ0v) is 19.5. The number of carbonyl (C=O) groups excluding carboxylic acids is 2. The summed E-state index contributed by atoms with van der Waals surface area (Å²) in [7, 11) is 0. The van der Waals surface area contributed by atoms with E-state index in [1.807, 2.05) is 4.90 Å². The molecule has 0 bridgehead atoms. The number of pyridine rings is 1. The standard InChI is InChI=1S/C23H25ClF3N5O2/c1-13(28)19-20(24)18(22(34)31-17-5-3-16(4-6-17)23(25,26)27)12-30-21(19)29-11-15-7-9-32(10-8-15)14(2)33/h3-6,12,15,28H,7-11H2,1-2H3,(H,29,30)(H,31,34). The lowest BCUT2D eigenvalue weighted by molar-refractivity contribution is -0.137. The van der Waals surface area contributed by atoms with Crippen molar-refractivity contribution in [1.29, 1.82) is 5.41 Å². The van der Waals surface area contributed by atoms with Gasteiger partial charge in [0.25, 0.3) is 5.91 Å². The summed E-state index contributed by atoms with van der Waals surface area (Å²) in [5.41, 5.74) is -0.266. The van der Waals surface area contributed by atoms with E-state index in [0.717, 1.165) is 37.1 Å². The van der Waals surface area contributed by atoms with E-state index in [1.165, 1.54) is 13.1 Å². The van der Waals surface area contributed by atoms with Gasteiger partial charge >= 0.3 is 6.18 Å². The Hall–Kier alpha value is -3.14. The first-order chi connectivity index (χ1) is 16.0. The van der Waals surface area contributed by atoms with Gasteiger partial charge in [-0.1, -0.05) is 11.6 Å². The second kappa shape index (κ2) is 10.4. The number of nitrogens with one attached hydrogen (secondary N) is 3. The van der Waals surface area contributed by atoms with Crippen LogP contribution in [0.1, 0.15) is 48.2 Å². The minimum Gasteiger partial charge on any atom is -0.369 e. The molecule has 1 fully saturated rings. The Morgan fingerprint density at radius 3 is 2.32 bits per heavy atom. The van der Waals surface area contributed by atoms with E-state index >= 15 is 0 Å². The number of alkyl halides is 3. The summed E-state index contributed by atoms with van der Waals surface area (Å²) in [5.74, 6) is 0.102. The van der Waals surface area contributed by atoms with Crippen LogP contribution in [0.2, 0.25) is 5.02 Å². The number of amides is 2. The predicted octanol–water partition coefficient (Wildman–Crippen LogP) is 5.06. The Bertz CT molecular complexity index is 1080. The Balaban J connectivity index is 1.71. The lowest BCUT2D eigenvalue weighted by atomic mass is 9.96. The molecule has 2 aromatic rings. The van der Waals surface area contributed by atoms with Crippen LogP contribution in [0, 0.1) is 11.3 Å². The second-order valence-corrected chi connectivity index (χ2v) is 8.57. The maximum Gasteiger partial charge on any atom is 0.416 e. The van der Waals surface area contributed by atoms with Crippen LogP contribution in [0.5, 0.6) is 0 Å². The van der Waals surface area contributed by atoms with Gasteiger partial charge in [-0.3, -0.25) is 9.59 Å². The second-order valence-electron chi connectivity index (χ2n) is 8.19. The molecule has 7 nitrogen and oxygen atoms in total. The zero-order chi connectivity index (χ0) is 25.0. The third-order valence-corrected chi connectivity index (χ3v) is 6.12. The van der Waals surface area contributed by atoms with Crippen molar-refractivity contribution in [2.75, 3.05) is 30.3 Å². The summed E-state index contributed by atoms with van der Waals surface area (Å²) in [4.78, 5) is 30.3. The van der Waals surface area contributed by atoms with Crippen molar-refractivity contribution in [3.05, 3.63) is 52.2 Å². The molecule has 1 aliphatic heterocycles. The van der Waals surface area contributed by atoms with Gasteiger partial charge in [0.1, 0.15) is 5.82 Å². The number of likely N-dealkylation sites (tertiary alicyclic amines) is 1. The van der Waals surface area contributed by atoms with Crippen LogP contribution >= 0.6 is 11.6 Å². The fourth-order valence-corrected chi connectivity index (χ4v) is 4.12. The topological polar surface area (TPSA) is 98.2 Å². The van der Waals surface area contributed by atoms with Crippen molar-refractivity contribution in [3.8, 4) is 0 Å². The van der Waals surface area contributed by atoms with Gasteiger partial charge in [-0.05, 0) is 49.9 Å². The highest BCUT2D eigenvalue weighted by atomic mass is 35.5. The molecular weight excluding hydrogens is 471 g/mol. The van der Waals surface area contributed by atoms with Gasteiger partial charge in [-0.25, -0.2) is 4.98 Å². The number of hydrogen-bond donors (Lipinski definition) is 3. The van der Waals surface area contributed by atoms with Gasteiger partial charge < -0.3 is 20.9 Å². The monoisotopic (exact) mass is 495 g/mol. The highest BCUT2D eigenvalue weighted by Gasteiger charge is 2.30. The summed E-state index contributed by atoms with van der Waals surface area (Å²) in [6, 6.07) is 4.05. The molecule has 3 rings (SSSR count). The van der Waals surface area contributed by atoms with Crippen LogP contribution in [0.3, 0.4) is 0 Å². The van der Waals surface area contributed by atoms with E-state index in [1.54, 1.807) is 6.92 Å². The molecule has 0 saturated carbocycles. The predicted molar refractivity (Wildman–Crippen MR) is 125 cm³/mol. The molecule has 0 unspecified atom stereocenters. The molecule has 2 heterocycles. The van der Waals surface area contributed by atoms with E-state index < -0.39 is 17.6 Å². The van der Waals surface area contributed by atoms with E-state index in [0.29, 0.717) is 31.4 Å². The molecule has 0 spiro atoms. The largest absolute Gasteiger partial charge is 0.416 e. The maximum atomic E-state index is 12.7. The molecule has 182 valence electrons. The van der Waals surface area contributed by atoms with Gasteiger partial charge in [0.05, 0.1) is 21.7 Å². The summed E-state index contributed by atoms with van der Waals surface area (Å²) in [6.07, 6.45) is -1.52. The quantitative estimate of drug-likeness (QED) is 0.488. The Morgan fingerprint density at radius 1 is 1.18 bits per heavy atom. The molecule has 34 heavy (non-hydrogen) atoms. The van der Waals surface area contributed by atoms with E-state index in [-0.39, 0.29) is 33.5 Å². The summed E-state index contributed by atoms with van der Waals surface area (Å²) >= 11 is 6.46. The number of benzene rings is 1. The minimum absolute atomic E-state index is 0.00322. The van der Waals surface area contributed by atoms with Crippen molar-refractivity contribution in [2.24, 2.45) is 5.92 Å². The normalized spacial score (nSPS) is 14.6. The first-order valence-corrected chi connectivity index (χ1v) is 11.1. The van der Waals surface area contributed by atoms with Gasteiger partial charge in [0.2, 0.25) is 5.91 Å². The number of halogens is 4. The third-order valence-electron chi connectivity index (χ3n) is 5.72. The highest BCUT2D eigenvalue weighted by Crippen LogP contribution is 2.31. The van der Waals surface area contributed by atoms with E-state index in [9.17, 15) is 22.8 Å². The summed E-state index contributed by atoms with van der Waals surface area (Å²) in [6.45, 7) is 5.03. The van der Waals surface area contributed by atoms with Gasteiger partial charge in [-0.2, -0.15) is 13.2 Å². The molecule has 2 amide bonds. The fourth-order valence-electron chi connectivity index (χ4n) is 3.76. The summed E-state index contributed by atoms with van der Waals surface area (Å²) in [5, 5.41) is 13.8. The molecule has 11 heteroatoms. The lowest BCUT2D eigenvalue weighted by Gasteiger charge is -2.31. The number of nitrogens with zero attached hydrogens (tertiary/aromatic N) is 2. The van der Waals surface area contributed by atoms with Crippen molar-refractivity contribution >= 4 is 40.6 Å². The molecule has 1 aromatic heterocycles. The zero-order valence-electron chi connectivity index (χ0n) is 18.7. The molecule has 1 aliphatic rings. The SMILES string of the molecule is CC(=N)c1c(NCC2CCN(C(C)=O)CC2)ncc(C(=O)Nc2ccc(C(F)(F)F)cc2)c1Cl. The Labute approximate surface area is 200 Å². The average molecular weight is 496 g/mol. The van der Waals surface area contributed by atoms with Gasteiger partial charge in [-0.15, -0.1) is 0 Å². The first kappa shape index (κ1) is 25.5. The number of anilines is 2. The fraction of sp³-hybridized carbons (Fsp3) is 0.391. The van der Waals surface area contributed by atoms with Crippen molar-refractivity contribution < 1.29 is 22.8 Å². The van der Waals surface area contributed by atoms with Crippen LogP contribution < -0.4 is 10.6 Å². The third kappa shape index (κ3) is 6.05. The van der Waals surface area contributed by atoms with Crippen molar-refractivity contribution in [2.45, 2.75) is 32.9 Å². The molecule has 0 atom stereocenters. The summed E-state index contributed by atoms with van der Waals surface area (Å²) < 4.78 is 38.2. The number of carbonyl (C=O) groups is 2. The number of rotatable bonds is 6. The molecule has 3 N–H and O–H groups in total. The molecule has 1 saturated heterocycles. The molecule has 1 aromatic carbocycles. The molecular formula is C23H25ClF3N5O2. The van der Waals surface area contributed by atoms with Crippen molar-refractivity contribution in [3.63, 3.8) is 0 Å². The first-order valence-electron chi connectivity index (χ1n) is 10.7.